The molecule has 0 aliphatic rings. The van der Waals surface area contributed by atoms with Gasteiger partial charge in [0.15, 0.2) is 28.4 Å². The number of rotatable bonds is 3. The van der Waals surface area contributed by atoms with Crippen molar-refractivity contribution in [3.05, 3.63) is 46.7 Å². The summed E-state index contributed by atoms with van der Waals surface area (Å²) in [6.07, 6.45) is 0. The first-order valence-electron chi connectivity index (χ1n) is 6.21. The summed E-state index contributed by atoms with van der Waals surface area (Å²) in [6.45, 7) is 0.330. The maximum atomic E-state index is 12.0. The molecule has 7 N–H and O–H groups in total. The molecule has 0 atom stereocenters. The van der Waals surface area contributed by atoms with Gasteiger partial charge in [0.05, 0.1) is 6.54 Å². The molecule has 0 fully saturated rings. The van der Waals surface area contributed by atoms with Crippen LogP contribution in [0.4, 0.5) is 11.6 Å². The number of benzene rings is 1. The average Bonchev–Trinajstić information content (AvgIpc) is 2.50. The van der Waals surface area contributed by atoms with Crippen molar-refractivity contribution in [1.29, 1.82) is 0 Å². The van der Waals surface area contributed by atoms with Crippen molar-refractivity contribution in [1.82, 2.24) is 15.3 Å². The maximum Gasteiger partial charge on any atom is 0.280 e. The number of nitrogens with two attached hydrogens (primary N) is 3. The van der Waals surface area contributed by atoms with E-state index < -0.39 is 5.91 Å². The summed E-state index contributed by atoms with van der Waals surface area (Å²) in [7, 11) is 0. The standard InChI is InChI=1S/C13H14ClN7O.ClH/c14-9-11(16)20-10(15)8(19-9)12(22)21-13(17)18-6-7-4-2-1-3-5-7;/h1-5H,6H2,(H4,15,16,20)(H3,17,18,21,22);1H/p-1. The number of aromatic nitrogens is 2. The van der Waals surface area contributed by atoms with E-state index in [0.29, 0.717) is 6.54 Å². The number of anilines is 2. The van der Waals surface area contributed by atoms with Crippen LogP contribution in [0.25, 0.3) is 0 Å². The number of hydrogen-bond donors (Lipinski definition) is 4. The fourth-order valence-corrected chi connectivity index (χ4v) is 1.71. The van der Waals surface area contributed by atoms with Crippen molar-refractivity contribution in [2.24, 2.45) is 10.7 Å². The number of hydrogen-bond acceptors (Lipinski definition) is 6. The number of aliphatic imine (C=N–C) groups is 1. The molecule has 1 aromatic heterocycles. The van der Waals surface area contributed by atoms with Crippen LogP contribution in [0.3, 0.4) is 0 Å². The minimum Gasteiger partial charge on any atom is -1.00 e. The van der Waals surface area contributed by atoms with Gasteiger partial charge in [-0.1, -0.05) is 41.9 Å². The Hall–Kier alpha value is -2.58. The molecule has 8 nitrogen and oxygen atoms in total. The third kappa shape index (κ3) is 4.97. The molecule has 0 spiro atoms. The van der Waals surface area contributed by atoms with Crippen LogP contribution in [0.15, 0.2) is 35.3 Å². The summed E-state index contributed by atoms with van der Waals surface area (Å²) in [4.78, 5) is 23.5. The summed E-state index contributed by atoms with van der Waals surface area (Å²) in [5.41, 5.74) is 17.4. The third-order valence-corrected chi connectivity index (χ3v) is 2.91. The van der Waals surface area contributed by atoms with Gasteiger partial charge >= 0.3 is 0 Å². The molecule has 0 aliphatic heterocycles. The quantitative estimate of drug-likeness (QED) is 0.355. The molecule has 0 bridgehead atoms. The normalized spacial score (nSPS) is 10.7. The number of carbonyl (C=O) groups is 1. The topological polar surface area (TPSA) is 145 Å². The summed E-state index contributed by atoms with van der Waals surface area (Å²) in [5.74, 6) is -0.930. The molecule has 0 radical (unpaired) electrons. The van der Waals surface area contributed by atoms with Gasteiger partial charge in [-0.2, -0.15) is 0 Å². The molecular formula is C13H14Cl2N7O-. The molecule has 1 aromatic carbocycles. The van der Waals surface area contributed by atoms with Crippen LogP contribution in [0.5, 0.6) is 0 Å². The number of nitrogens with one attached hydrogen (secondary N) is 1. The van der Waals surface area contributed by atoms with Crippen molar-refractivity contribution in [2.75, 3.05) is 11.5 Å². The first-order valence-corrected chi connectivity index (χ1v) is 6.59. The van der Waals surface area contributed by atoms with Crippen molar-refractivity contribution < 1.29 is 17.2 Å². The van der Waals surface area contributed by atoms with Crippen molar-refractivity contribution in [3.63, 3.8) is 0 Å². The SMILES string of the molecule is NC(=NCc1ccccc1)NC(=O)c1nc(Cl)c(N)nc1N.[Cl-]. The molecule has 2 rings (SSSR count). The molecule has 23 heavy (non-hydrogen) atoms. The minimum absolute atomic E-state index is 0. The van der Waals surface area contributed by atoms with Gasteiger partial charge < -0.3 is 29.6 Å². The molecule has 1 amide bonds. The van der Waals surface area contributed by atoms with E-state index in [1.807, 2.05) is 30.3 Å². The fraction of sp³-hybridized carbons (Fsp3) is 0.0769. The molecule has 0 saturated heterocycles. The second-order valence-electron chi connectivity index (χ2n) is 4.27. The van der Waals surface area contributed by atoms with E-state index in [0.717, 1.165) is 5.56 Å². The van der Waals surface area contributed by atoms with Crippen LogP contribution in [0, 0.1) is 0 Å². The zero-order valence-electron chi connectivity index (χ0n) is 11.8. The van der Waals surface area contributed by atoms with Gasteiger partial charge in [0.2, 0.25) is 0 Å². The molecule has 0 saturated carbocycles. The van der Waals surface area contributed by atoms with E-state index in [4.69, 9.17) is 28.8 Å². The number of carbonyl (C=O) groups excluding carboxylic acids is 1. The van der Waals surface area contributed by atoms with E-state index in [2.05, 4.69) is 20.3 Å². The molecule has 0 unspecified atom stereocenters. The van der Waals surface area contributed by atoms with E-state index in [-0.39, 0.29) is 40.8 Å². The van der Waals surface area contributed by atoms with E-state index in [1.54, 1.807) is 0 Å². The minimum atomic E-state index is -0.666. The van der Waals surface area contributed by atoms with Crippen LogP contribution < -0.4 is 34.9 Å². The second-order valence-corrected chi connectivity index (χ2v) is 4.63. The monoisotopic (exact) mass is 354 g/mol. The maximum absolute atomic E-state index is 12.0. The number of guanidine groups is 1. The average molecular weight is 355 g/mol. The van der Waals surface area contributed by atoms with Gasteiger partial charge in [-0.3, -0.25) is 10.1 Å². The Kier molecular flexibility index (Phi) is 6.55. The van der Waals surface area contributed by atoms with Crippen molar-refractivity contribution in [2.45, 2.75) is 6.54 Å². The highest BCUT2D eigenvalue weighted by atomic mass is 35.5. The van der Waals surface area contributed by atoms with E-state index >= 15 is 0 Å². The smallest absolute Gasteiger partial charge is 0.280 e. The Morgan fingerprint density at radius 1 is 1.17 bits per heavy atom. The third-order valence-electron chi connectivity index (χ3n) is 2.64. The van der Waals surface area contributed by atoms with Crippen molar-refractivity contribution in [3.8, 4) is 0 Å². The Morgan fingerprint density at radius 2 is 1.83 bits per heavy atom. The highest BCUT2D eigenvalue weighted by Crippen LogP contribution is 2.17. The van der Waals surface area contributed by atoms with Crippen molar-refractivity contribution >= 4 is 35.1 Å². The lowest BCUT2D eigenvalue weighted by Gasteiger charge is -2.07. The number of nitrogens with zero attached hydrogens (tertiary/aromatic N) is 3. The summed E-state index contributed by atoms with van der Waals surface area (Å²) < 4.78 is 0. The van der Waals surface area contributed by atoms with E-state index in [1.165, 1.54) is 0 Å². The molecule has 1 heterocycles. The second kappa shape index (κ2) is 8.16. The van der Waals surface area contributed by atoms with Gasteiger partial charge in [-0.15, -0.1) is 0 Å². The number of amides is 1. The van der Waals surface area contributed by atoms with Gasteiger partial charge in [0.25, 0.3) is 5.91 Å². The predicted molar refractivity (Wildman–Crippen MR) is 85.1 cm³/mol. The van der Waals surface area contributed by atoms with Crippen LogP contribution >= 0.6 is 11.6 Å². The largest absolute Gasteiger partial charge is 1.00 e. The Bertz CT molecular complexity index is 722. The first kappa shape index (κ1) is 18.5. The van der Waals surface area contributed by atoms with Crippen LogP contribution in [0.2, 0.25) is 5.15 Å². The van der Waals surface area contributed by atoms with Crippen LogP contribution in [-0.2, 0) is 6.54 Å². The van der Waals surface area contributed by atoms with Crippen LogP contribution in [0.1, 0.15) is 16.1 Å². The van der Waals surface area contributed by atoms with Gasteiger partial charge in [0.1, 0.15) is 0 Å². The number of halogens is 2. The lowest BCUT2D eigenvalue weighted by molar-refractivity contribution is -0.0000133. The molecule has 10 heteroatoms. The molecular weight excluding hydrogens is 341 g/mol. The fourth-order valence-electron chi connectivity index (χ4n) is 1.58. The summed E-state index contributed by atoms with van der Waals surface area (Å²) in [6, 6.07) is 9.44. The van der Waals surface area contributed by atoms with E-state index in [9.17, 15) is 4.79 Å². The molecule has 0 aliphatic carbocycles. The predicted octanol–water partition coefficient (Wildman–Crippen LogP) is -2.46. The summed E-state index contributed by atoms with van der Waals surface area (Å²) in [5, 5.41) is 2.25. The summed E-state index contributed by atoms with van der Waals surface area (Å²) >= 11 is 5.71. The number of nitrogen functional groups attached to an aromatic ring is 2. The Morgan fingerprint density at radius 3 is 2.48 bits per heavy atom. The lowest BCUT2D eigenvalue weighted by atomic mass is 10.2. The molecule has 122 valence electrons. The Labute approximate surface area is 143 Å². The highest BCUT2D eigenvalue weighted by Gasteiger charge is 2.16. The zero-order valence-corrected chi connectivity index (χ0v) is 13.3. The van der Waals surface area contributed by atoms with Gasteiger partial charge in [-0.25, -0.2) is 15.0 Å². The Balaban J connectivity index is 0.00000264. The van der Waals surface area contributed by atoms with Gasteiger partial charge in [0, 0.05) is 0 Å². The zero-order chi connectivity index (χ0) is 16.1. The first-order chi connectivity index (χ1) is 10.5. The van der Waals surface area contributed by atoms with Crippen LogP contribution in [-0.4, -0.2) is 21.8 Å². The lowest BCUT2D eigenvalue weighted by Crippen LogP contribution is -3.00. The highest BCUT2D eigenvalue weighted by molar-refractivity contribution is 6.31. The van der Waals surface area contributed by atoms with Gasteiger partial charge in [-0.05, 0) is 5.56 Å². The molecule has 2 aromatic rings.